The Morgan fingerprint density at radius 1 is 1.03 bits per heavy atom. The smallest absolute Gasteiger partial charge is 0.417 e. The second-order valence-electron chi connectivity index (χ2n) is 8.11. The quantitative estimate of drug-likeness (QED) is 0.267. The Hall–Kier alpha value is -2.81. The Bertz CT molecular complexity index is 1400. The van der Waals surface area contributed by atoms with Gasteiger partial charge in [0.1, 0.15) is 18.0 Å². The van der Waals surface area contributed by atoms with Crippen LogP contribution in [-0.4, -0.2) is 33.1 Å². The second kappa shape index (κ2) is 10.7. The van der Waals surface area contributed by atoms with Gasteiger partial charge in [0.15, 0.2) is 0 Å². The highest BCUT2D eigenvalue weighted by Crippen LogP contribution is 2.41. The van der Waals surface area contributed by atoms with Gasteiger partial charge in [0.25, 0.3) is 0 Å². The summed E-state index contributed by atoms with van der Waals surface area (Å²) in [6, 6.07) is 9.56. The third kappa shape index (κ3) is 4.90. The van der Waals surface area contributed by atoms with E-state index in [0.717, 1.165) is 28.1 Å². The van der Waals surface area contributed by atoms with E-state index in [1.807, 2.05) is 38.1 Å². The Labute approximate surface area is 216 Å². The van der Waals surface area contributed by atoms with Gasteiger partial charge in [-0.2, -0.15) is 18.3 Å². The molecule has 4 aromatic rings. The van der Waals surface area contributed by atoms with Crippen LogP contribution in [0.25, 0.3) is 16.6 Å². The molecule has 2 aromatic heterocycles. The molecule has 0 atom stereocenters. The van der Waals surface area contributed by atoms with E-state index in [1.165, 1.54) is 10.7 Å². The SMILES string of the molecule is CCc1nn(-c2c(Cl)ccc(C(F)(F)F)c2Cl)c(CC)c1Cc1c(OCCO)ccc2cccnc12. The number of hydrogen-bond acceptors (Lipinski definition) is 4. The first kappa shape index (κ1) is 26.3. The molecule has 0 bridgehead atoms. The van der Waals surface area contributed by atoms with Crippen LogP contribution in [0.5, 0.6) is 5.75 Å². The summed E-state index contributed by atoms with van der Waals surface area (Å²) >= 11 is 12.6. The van der Waals surface area contributed by atoms with Crippen molar-refractivity contribution in [3.8, 4) is 11.4 Å². The number of nitrogens with zero attached hydrogens (tertiary/aromatic N) is 3. The van der Waals surface area contributed by atoms with Crippen LogP contribution in [0.1, 0.15) is 41.9 Å². The number of benzene rings is 2. The van der Waals surface area contributed by atoms with Crippen LogP contribution in [0, 0.1) is 0 Å². The van der Waals surface area contributed by atoms with Crippen LogP contribution >= 0.6 is 23.2 Å². The van der Waals surface area contributed by atoms with Gasteiger partial charge in [-0.3, -0.25) is 4.98 Å². The molecule has 2 heterocycles. The van der Waals surface area contributed by atoms with Crippen LogP contribution in [0.2, 0.25) is 10.0 Å². The van der Waals surface area contributed by atoms with Crippen LogP contribution < -0.4 is 4.74 Å². The summed E-state index contributed by atoms with van der Waals surface area (Å²) in [5.74, 6) is 0.572. The van der Waals surface area contributed by atoms with Gasteiger partial charge in [-0.25, -0.2) is 4.68 Å². The summed E-state index contributed by atoms with van der Waals surface area (Å²) in [6.45, 7) is 3.79. The lowest BCUT2D eigenvalue weighted by molar-refractivity contribution is -0.137. The number of aromatic nitrogens is 3. The molecule has 36 heavy (non-hydrogen) atoms. The van der Waals surface area contributed by atoms with E-state index >= 15 is 0 Å². The zero-order chi connectivity index (χ0) is 26.0. The van der Waals surface area contributed by atoms with Crippen LogP contribution in [0.3, 0.4) is 0 Å². The van der Waals surface area contributed by atoms with Gasteiger partial charge in [-0.1, -0.05) is 43.1 Å². The molecule has 2 aromatic carbocycles. The Morgan fingerprint density at radius 2 is 1.81 bits per heavy atom. The van der Waals surface area contributed by atoms with Gasteiger partial charge < -0.3 is 9.84 Å². The lowest BCUT2D eigenvalue weighted by atomic mass is 9.97. The summed E-state index contributed by atoms with van der Waals surface area (Å²) in [5.41, 5.74) is 2.80. The third-order valence-corrected chi connectivity index (χ3v) is 6.65. The van der Waals surface area contributed by atoms with Gasteiger partial charge in [0, 0.05) is 34.8 Å². The highest BCUT2D eigenvalue weighted by atomic mass is 35.5. The van der Waals surface area contributed by atoms with E-state index in [-0.39, 0.29) is 23.9 Å². The van der Waals surface area contributed by atoms with E-state index in [2.05, 4.69) is 10.1 Å². The fraction of sp³-hybridized carbons (Fsp3) is 0.308. The number of aryl methyl sites for hydroxylation is 1. The first-order chi connectivity index (χ1) is 17.2. The summed E-state index contributed by atoms with van der Waals surface area (Å²) in [6.07, 6.45) is -1.57. The molecule has 190 valence electrons. The van der Waals surface area contributed by atoms with E-state index < -0.39 is 16.8 Å². The Balaban J connectivity index is 1.93. The zero-order valence-electron chi connectivity index (χ0n) is 19.7. The molecule has 0 radical (unpaired) electrons. The van der Waals surface area contributed by atoms with Crippen molar-refractivity contribution in [2.75, 3.05) is 13.2 Å². The Kier molecular flexibility index (Phi) is 7.78. The monoisotopic (exact) mass is 537 g/mol. The third-order valence-electron chi connectivity index (χ3n) is 5.97. The number of ether oxygens (including phenoxy) is 1. The van der Waals surface area contributed by atoms with Gasteiger partial charge >= 0.3 is 6.18 Å². The lowest BCUT2D eigenvalue weighted by Gasteiger charge is -2.16. The number of pyridine rings is 1. The summed E-state index contributed by atoms with van der Waals surface area (Å²) in [4.78, 5) is 4.55. The molecule has 0 saturated carbocycles. The first-order valence-corrected chi connectivity index (χ1v) is 12.2. The van der Waals surface area contributed by atoms with Gasteiger partial charge in [0.05, 0.1) is 33.4 Å². The average molecular weight is 538 g/mol. The van der Waals surface area contributed by atoms with E-state index in [4.69, 9.17) is 27.9 Å². The molecule has 0 aliphatic carbocycles. The maximum atomic E-state index is 13.6. The number of halogens is 5. The maximum Gasteiger partial charge on any atom is 0.417 e. The largest absolute Gasteiger partial charge is 0.491 e. The molecule has 0 amide bonds. The molecule has 0 fully saturated rings. The van der Waals surface area contributed by atoms with E-state index in [9.17, 15) is 18.3 Å². The van der Waals surface area contributed by atoms with Crippen molar-refractivity contribution < 1.29 is 23.0 Å². The van der Waals surface area contributed by atoms with Crippen molar-refractivity contribution in [2.24, 2.45) is 0 Å². The van der Waals surface area contributed by atoms with Crippen molar-refractivity contribution >= 4 is 34.1 Å². The van der Waals surface area contributed by atoms with E-state index in [1.54, 1.807) is 6.20 Å². The van der Waals surface area contributed by atoms with Crippen LogP contribution in [0.15, 0.2) is 42.6 Å². The number of hydrogen-bond donors (Lipinski definition) is 1. The highest BCUT2D eigenvalue weighted by molar-refractivity contribution is 6.38. The van der Waals surface area contributed by atoms with E-state index in [0.29, 0.717) is 36.4 Å². The molecule has 0 aliphatic rings. The van der Waals surface area contributed by atoms with Crippen molar-refractivity contribution in [3.05, 3.63) is 80.7 Å². The lowest BCUT2D eigenvalue weighted by Crippen LogP contribution is -2.11. The Morgan fingerprint density at radius 3 is 2.47 bits per heavy atom. The molecule has 0 saturated heterocycles. The van der Waals surface area contributed by atoms with Crippen molar-refractivity contribution in [2.45, 2.75) is 39.3 Å². The minimum atomic E-state index is -4.64. The normalized spacial score (nSPS) is 11.9. The van der Waals surface area contributed by atoms with Gasteiger partial charge in [0.2, 0.25) is 0 Å². The fourth-order valence-corrected chi connectivity index (χ4v) is 4.99. The molecular weight excluding hydrogens is 514 g/mol. The summed E-state index contributed by atoms with van der Waals surface area (Å²) in [5, 5.41) is 14.4. The molecule has 5 nitrogen and oxygen atoms in total. The number of fused-ring (bicyclic) bond motifs is 1. The van der Waals surface area contributed by atoms with Gasteiger partial charge in [-0.05, 0) is 43.2 Å². The predicted octanol–water partition coefficient (Wildman–Crippen LogP) is 6.83. The first-order valence-electron chi connectivity index (χ1n) is 11.5. The van der Waals surface area contributed by atoms with Crippen LogP contribution in [0.4, 0.5) is 13.2 Å². The zero-order valence-corrected chi connectivity index (χ0v) is 21.2. The van der Waals surface area contributed by atoms with Gasteiger partial charge in [-0.15, -0.1) is 0 Å². The number of aliphatic hydroxyl groups is 1. The predicted molar refractivity (Wildman–Crippen MR) is 134 cm³/mol. The molecule has 1 N–H and O–H groups in total. The van der Waals surface area contributed by atoms with Crippen molar-refractivity contribution in [1.82, 2.24) is 14.8 Å². The molecular formula is C26H24Cl2F3N3O2. The molecule has 0 unspecified atom stereocenters. The van der Waals surface area contributed by atoms with Crippen molar-refractivity contribution in [1.29, 1.82) is 0 Å². The highest BCUT2D eigenvalue weighted by Gasteiger charge is 2.35. The number of aliphatic hydroxyl groups excluding tert-OH is 1. The average Bonchev–Trinajstić information content (AvgIpc) is 3.19. The molecule has 4 rings (SSSR count). The molecule has 10 heteroatoms. The number of rotatable bonds is 8. The topological polar surface area (TPSA) is 60.2 Å². The maximum absolute atomic E-state index is 13.6. The summed E-state index contributed by atoms with van der Waals surface area (Å²) in [7, 11) is 0. The van der Waals surface area contributed by atoms with Crippen LogP contribution in [-0.2, 0) is 25.4 Å². The standard InChI is InChI=1S/C26H24Cl2F3N3O2/c1-3-20-16(14-17-22(36-13-12-35)10-7-15-6-5-11-32-24(15)17)21(4-2)34(33-20)25-19(27)9-8-18(23(25)28)26(29,30)31/h5-11,35H,3-4,12-14H2,1-2H3. The minimum Gasteiger partial charge on any atom is -0.491 e. The van der Waals surface area contributed by atoms with Crippen molar-refractivity contribution in [3.63, 3.8) is 0 Å². The molecule has 0 aliphatic heterocycles. The second-order valence-corrected chi connectivity index (χ2v) is 8.90. The fourth-order valence-electron chi connectivity index (χ4n) is 4.35. The summed E-state index contributed by atoms with van der Waals surface area (Å²) < 4.78 is 48.0. The minimum absolute atomic E-state index is 0.00115. The molecule has 0 spiro atoms. The number of alkyl halides is 3.